The van der Waals surface area contributed by atoms with Gasteiger partial charge in [-0.05, 0) is 31.9 Å². The van der Waals surface area contributed by atoms with Crippen LogP contribution in [0.2, 0.25) is 0 Å². The molecule has 3 aliphatic heterocycles. The third-order valence-corrected chi connectivity index (χ3v) is 10.0. The second-order valence-corrected chi connectivity index (χ2v) is 12.7. The number of aromatic nitrogens is 5. The summed E-state index contributed by atoms with van der Waals surface area (Å²) in [6.07, 6.45) is 4.28. The Hall–Kier alpha value is -2.86. The zero-order valence-corrected chi connectivity index (χ0v) is 24.0. The van der Waals surface area contributed by atoms with Gasteiger partial charge in [0.15, 0.2) is 22.8 Å². The van der Waals surface area contributed by atoms with Gasteiger partial charge in [-0.1, -0.05) is 12.1 Å². The van der Waals surface area contributed by atoms with Crippen molar-refractivity contribution < 1.29 is 8.95 Å². The van der Waals surface area contributed by atoms with E-state index in [1.165, 1.54) is 0 Å². The number of fused-ring (bicyclic) bond motifs is 2. The highest BCUT2D eigenvalue weighted by Gasteiger charge is 2.29. The summed E-state index contributed by atoms with van der Waals surface area (Å²) in [5, 5.41) is 1.13. The molecule has 0 amide bonds. The van der Waals surface area contributed by atoms with Crippen LogP contribution in [0.15, 0.2) is 30.5 Å². The average molecular weight is 563 g/mol. The molecular formula is C29H38N8O2S. The first-order valence-electron chi connectivity index (χ1n) is 14.7. The van der Waals surface area contributed by atoms with E-state index in [2.05, 4.69) is 55.4 Å². The van der Waals surface area contributed by atoms with Crippen LogP contribution in [-0.2, 0) is 28.6 Å². The Morgan fingerprint density at radius 3 is 2.58 bits per heavy atom. The number of hydrogen-bond donors (Lipinski definition) is 1. The number of nitrogens with zero attached hydrogens (tertiary/aromatic N) is 7. The lowest BCUT2D eigenvalue weighted by molar-refractivity contribution is 0.109. The molecule has 40 heavy (non-hydrogen) atoms. The van der Waals surface area contributed by atoms with E-state index in [0.717, 1.165) is 122 Å². The maximum absolute atomic E-state index is 11.8. The van der Waals surface area contributed by atoms with Crippen LogP contribution < -0.4 is 4.90 Å². The van der Waals surface area contributed by atoms with Crippen molar-refractivity contribution in [1.29, 1.82) is 0 Å². The van der Waals surface area contributed by atoms with Gasteiger partial charge >= 0.3 is 0 Å². The number of benzene rings is 1. The fourth-order valence-corrected chi connectivity index (χ4v) is 7.62. The maximum Gasteiger partial charge on any atom is 0.166 e. The molecule has 3 aliphatic rings. The molecule has 0 saturated carbocycles. The highest BCUT2D eigenvalue weighted by atomic mass is 32.2. The minimum Gasteiger partial charge on any atom is -0.378 e. The van der Waals surface area contributed by atoms with E-state index in [-0.39, 0.29) is 0 Å². The summed E-state index contributed by atoms with van der Waals surface area (Å²) in [6, 6.07) is 8.96. The number of morpholine rings is 1. The van der Waals surface area contributed by atoms with Crippen molar-refractivity contribution in [3.8, 4) is 11.4 Å². The Morgan fingerprint density at radius 2 is 1.80 bits per heavy atom. The molecule has 11 heteroatoms. The van der Waals surface area contributed by atoms with Gasteiger partial charge in [0.2, 0.25) is 0 Å². The van der Waals surface area contributed by atoms with E-state index in [9.17, 15) is 4.21 Å². The van der Waals surface area contributed by atoms with Crippen LogP contribution in [0.25, 0.3) is 33.5 Å². The van der Waals surface area contributed by atoms with E-state index in [1.54, 1.807) is 0 Å². The Kier molecular flexibility index (Phi) is 7.29. The molecule has 7 rings (SSSR count). The molecule has 0 unspecified atom stereocenters. The predicted octanol–water partition coefficient (Wildman–Crippen LogP) is 2.86. The van der Waals surface area contributed by atoms with Gasteiger partial charge in [0, 0.05) is 96.8 Å². The van der Waals surface area contributed by atoms with Gasteiger partial charge in [-0.15, -0.1) is 0 Å². The highest BCUT2D eigenvalue weighted by molar-refractivity contribution is 7.85. The zero-order chi connectivity index (χ0) is 27.1. The molecule has 0 atom stereocenters. The molecule has 212 valence electrons. The molecule has 3 fully saturated rings. The van der Waals surface area contributed by atoms with Crippen LogP contribution >= 0.6 is 0 Å². The summed E-state index contributed by atoms with van der Waals surface area (Å²) < 4.78 is 19.7. The second kappa shape index (κ2) is 11.2. The van der Waals surface area contributed by atoms with Crippen molar-refractivity contribution in [2.75, 3.05) is 68.9 Å². The Morgan fingerprint density at radius 1 is 1.00 bits per heavy atom. The first-order chi connectivity index (χ1) is 19.7. The molecule has 0 radical (unpaired) electrons. The number of piperidine rings is 1. The zero-order valence-electron chi connectivity index (χ0n) is 23.2. The summed E-state index contributed by atoms with van der Waals surface area (Å²) >= 11 is 0. The maximum atomic E-state index is 11.8. The lowest BCUT2D eigenvalue weighted by atomic mass is 10.0. The van der Waals surface area contributed by atoms with Gasteiger partial charge in [-0.3, -0.25) is 14.0 Å². The summed E-state index contributed by atoms with van der Waals surface area (Å²) in [4.78, 5) is 26.3. The normalized spacial score (nSPS) is 20.7. The minimum absolute atomic E-state index is 0.607. The van der Waals surface area contributed by atoms with E-state index < -0.39 is 10.8 Å². The van der Waals surface area contributed by atoms with Crippen molar-refractivity contribution in [2.45, 2.75) is 38.9 Å². The first-order valence-corrected chi connectivity index (χ1v) is 16.1. The molecule has 0 bridgehead atoms. The summed E-state index contributed by atoms with van der Waals surface area (Å²) in [5.41, 5.74) is 3.91. The van der Waals surface area contributed by atoms with E-state index in [1.807, 2.05) is 6.20 Å². The molecular weight excluding hydrogens is 524 g/mol. The molecule has 0 spiro atoms. The smallest absolute Gasteiger partial charge is 0.166 e. The minimum atomic E-state index is -0.620. The van der Waals surface area contributed by atoms with E-state index in [0.29, 0.717) is 19.3 Å². The Balaban J connectivity index is 1.21. The number of aromatic amines is 1. The molecule has 0 aliphatic carbocycles. The van der Waals surface area contributed by atoms with Crippen molar-refractivity contribution in [1.82, 2.24) is 34.3 Å². The van der Waals surface area contributed by atoms with Crippen LogP contribution in [0.5, 0.6) is 0 Å². The standard InChI is InChI=1S/C29H38N8O2S/c1-2-37-25(20-34-10-7-21(8-11-34)35-14-18-40(38)19-15-35)31-26-28(36-12-16-39-17-13-36)32-27(33-29(26)37)23-4-3-5-24-22(23)6-9-30-24/h3-6,9,21,30H,2,7-8,10-20H2,1H3. The summed E-state index contributed by atoms with van der Waals surface area (Å²) in [5.74, 6) is 4.36. The Labute approximate surface area is 237 Å². The number of rotatable bonds is 6. The monoisotopic (exact) mass is 562 g/mol. The van der Waals surface area contributed by atoms with Crippen molar-refractivity contribution in [3.05, 3.63) is 36.3 Å². The lowest BCUT2D eigenvalue weighted by Crippen LogP contribution is -2.49. The number of nitrogens with one attached hydrogen (secondary N) is 1. The molecule has 4 aromatic rings. The first kappa shape index (κ1) is 26.1. The van der Waals surface area contributed by atoms with Crippen LogP contribution in [0.1, 0.15) is 25.6 Å². The third-order valence-electron chi connectivity index (χ3n) is 8.77. The fourth-order valence-electron chi connectivity index (χ4n) is 6.54. The van der Waals surface area contributed by atoms with Gasteiger partial charge < -0.3 is 19.2 Å². The van der Waals surface area contributed by atoms with E-state index in [4.69, 9.17) is 19.7 Å². The van der Waals surface area contributed by atoms with Crippen LogP contribution in [-0.4, -0.2) is 109 Å². The van der Waals surface area contributed by atoms with Gasteiger partial charge in [0.05, 0.1) is 19.8 Å². The number of imidazole rings is 1. The largest absolute Gasteiger partial charge is 0.378 e. The number of ether oxygens (including phenoxy) is 1. The SMILES string of the molecule is CCn1c(CN2CCC(N3CCS(=O)CC3)CC2)nc2c(N3CCOCC3)nc(-c3cccc4[nH]ccc34)nc21. The molecule has 3 saturated heterocycles. The van der Waals surface area contributed by atoms with Gasteiger partial charge in [0.1, 0.15) is 5.82 Å². The lowest BCUT2D eigenvalue weighted by Gasteiger charge is -2.39. The summed E-state index contributed by atoms with van der Waals surface area (Å²) in [6.45, 7) is 10.8. The quantitative estimate of drug-likeness (QED) is 0.383. The second-order valence-electron chi connectivity index (χ2n) is 11.1. The topological polar surface area (TPSA) is 95.4 Å². The van der Waals surface area contributed by atoms with Crippen molar-refractivity contribution in [3.63, 3.8) is 0 Å². The summed E-state index contributed by atoms with van der Waals surface area (Å²) in [7, 11) is -0.620. The molecule has 6 heterocycles. The number of anilines is 1. The van der Waals surface area contributed by atoms with Crippen LogP contribution in [0, 0.1) is 0 Å². The fraction of sp³-hybridized carbons (Fsp3) is 0.552. The van der Waals surface area contributed by atoms with Crippen molar-refractivity contribution in [2.24, 2.45) is 0 Å². The Bertz CT molecular complexity index is 1510. The van der Waals surface area contributed by atoms with Gasteiger partial charge in [0.25, 0.3) is 0 Å². The van der Waals surface area contributed by atoms with E-state index >= 15 is 0 Å². The average Bonchev–Trinajstić information content (AvgIpc) is 3.62. The molecule has 1 aromatic carbocycles. The highest BCUT2D eigenvalue weighted by Crippen LogP contribution is 2.32. The van der Waals surface area contributed by atoms with Crippen molar-refractivity contribution >= 4 is 38.7 Å². The molecule has 10 nitrogen and oxygen atoms in total. The number of aryl methyl sites for hydroxylation is 1. The van der Waals surface area contributed by atoms with Crippen LogP contribution in [0.4, 0.5) is 5.82 Å². The van der Waals surface area contributed by atoms with Gasteiger partial charge in [-0.25, -0.2) is 15.0 Å². The number of likely N-dealkylation sites (tertiary alicyclic amines) is 1. The van der Waals surface area contributed by atoms with Gasteiger partial charge in [-0.2, -0.15) is 0 Å². The molecule has 3 aromatic heterocycles. The number of H-pyrrole nitrogens is 1. The third kappa shape index (κ3) is 4.93. The molecule has 1 N–H and O–H groups in total. The predicted molar refractivity (Wildman–Crippen MR) is 159 cm³/mol. The number of hydrogen-bond acceptors (Lipinski definition) is 8. The van der Waals surface area contributed by atoms with Crippen LogP contribution in [0.3, 0.4) is 0 Å².